The van der Waals surface area contributed by atoms with Crippen LogP contribution < -0.4 is 0 Å². The third kappa shape index (κ3) is 3.32. The predicted molar refractivity (Wildman–Crippen MR) is 86.3 cm³/mol. The number of rotatable bonds is 5. The topological polar surface area (TPSA) is 24.3 Å². The maximum absolute atomic E-state index is 4.49. The van der Waals surface area contributed by atoms with Crippen molar-refractivity contribution in [3.63, 3.8) is 0 Å². The van der Waals surface area contributed by atoms with Gasteiger partial charge in [-0.05, 0) is 65.7 Å². The minimum atomic E-state index is 0.701. The highest BCUT2D eigenvalue weighted by Crippen LogP contribution is 2.41. The predicted octanol–water partition coefficient (Wildman–Crippen LogP) is 2.46. The fraction of sp³-hybridized carbons (Fsp3) is 0.824. The lowest BCUT2D eigenvalue weighted by Gasteiger charge is -2.37. The number of hydrogen-bond donors (Lipinski definition) is 0. The van der Waals surface area contributed by atoms with Crippen molar-refractivity contribution in [2.24, 2.45) is 13.0 Å². The van der Waals surface area contributed by atoms with E-state index in [1.54, 1.807) is 0 Å². The summed E-state index contributed by atoms with van der Waals surface area (Å²) in [5.41, 5.74) is 2.97. The highest BCUT2D eigenvalue weighted by Gasteiger charge is 2.31. The van der Waals surface area contributed by atoms with Crippen molar-refractivity contribution in [2.75, 3.05) is 27.2 Å². The molecular weight excluding hydrogens is 260 g/mol. The summed E-state index contributed by atoms with van der Waals surface area (Å²) in [4.78, 5) is 4.99. The van der Waals surface area contributed by atoms with E-state index in [4.69, 9.17) is 0 Å². The van der Waals surface area contributed by atoms with Crippen molar-refractivity contribution in [3.05, 3.63) is 17.5 Å². The van der Waals surface area contributed by atoms with Gasteiger partial charge in [0.1, 0.15) is 0 Å². The van der Waals surface area contributed by atoms with Crippen LogP contribution in [-0.2, 0) is 13.6 Å². The molecule has 2 aliphatic rings. The van der Waals surface area contributed by atoms with Crippen LogP contribution in [0.2, 0.25) is 0 Å². The van der Waals surface area contributed by atoms with Crippen LogP contribution in [-0.4, -0.2) is 52.8 Å². The highest BCUT2D eigenvalue weighted by atomic mass is 15.3. The van der Waals surface area contributed by atoms with E-state index >= 15 is 0 Å². The van der Waals surface area contributed by atoms with Crippen LogP contribution in [0.1, 0.15) is 49.8 Å². The minimum Gasteiger partial charge on any atom is -0.306 e. The summed E-state index contributed by atoms with van der Waals surface area (Å²) in [6.07, 6.45) is 7.48. The first-order valence-electron chi connectivity index (χ1n) is 8.45. The molecule has 0 N–H and O–H groups in total. The summed E-state index contributed by atoms with van der Waals surface area (Å²) < 4.78 is 2.11. The highest BCUT2D eigenvalue weighted by molar-refractivity contribution is 5.25. The summed E-state index contributed by atoms with van der Waals surface area (Å²) in [5.74, 6) is 1.65. The SMILES string of the molecule is CC(C1CCN(Cc2cnn(C)c2C2CC2)CC1)N(C)C. The van der Waals surface area contributed by atoms with Gasteiger partial charge >= 0.3 is 0 Å². The quantitative estimate of drug-likeness (QED) is 0.832. The first kappa shape index (κ1) is 15.0. The molecule has 1 atom stereocenters. The van der Waals surface area contributed by atoms with Gasteiger partial charge in [-0.3, -0.25) is 9.58 Å². The monoisotopic (exact) mass is 290 g/mol. The Kier molecular flexibility index (Phi) is 4.36. The fourth-order valence-corrected chi connectivity index (χ4v) is 3.75. The van der Waals surface area contributed by atoms with Gasteiger partial charge in [-0.15, -0.1) is 0 Å². The average molecular weight is 290 g/mol. The van der Waals surface area contributed by atoms with Crippen molar-refractivity contribution < 1.29 is 0 Å². The van der Waals surface area contributed by atoms with Gasteiger partial charge in [-0.2, -0.15) is 5.10 Å². The number of hydrogen-bond acceptors (Lipinski definition) is 3. The molecule has 2 heterocycles. The van der Waals surface area contributed by atoms with Crippen LogP contribution >= 0.6 is 0 Å². The molecule has 1 aromatic heterocycles. The minimum absolute atomic E-state index is 0.701. The molecule has 1 aromatic rings. The largest absolute Gasteiger partial charge is 0.306 e. The van der Waals surface area contributed by atoms with Gasteiger partial charge in [-0.1, -0.05) is 0 Å². The first-order chi connectivity index (χ1) is 10.1. The molecule has 2 fully saturated rings. The van der Waals surface area contributed by atoms with Crippen molar-refractivity contribution in [3.8, 4) is 0 Å². The third-order valence-electron chi connectivity index (χ3n) is 5.55. The molecule has 1 aliphatic carbocycles. The maximum atomic E-state index is 4.49. The molecule has 0 bridgehead atoms. The van der Waals surface area contributed by atoms with Gasteiger partial charge < -0.3 is 4.90 Å². The summed E-state index contributed by atoms with van der Waals surface area (Å²) in [6, 6.07) is 0.701. The lowest BCUT2D eigenvalue weighted by molar-refractivity contribution is 0.121. The van der Waals surface area contributed by atoms with Gasteiger partial charge in [-0.25, -0.2) is 0 Å². The van der Waals surface area contributed by atoms with Crippen LogP contribution in [0.15, 0.2) is 6.20 Å². The van der Waals surface area contributed by atoms with Crippen LogP contribution in [0.25, 0.3) is 0 Å². The third-order valence-corrected chi connectivity index (χ3v) is 5.55. The molecule has 0 aromatic carbocycles. The Morgan fingerprint density at radius 3 is 2.48 bits per heavy atom. The van der Waals surface area contributed by atoms with Crippen molar-refractivity contribution in [1.29, 1.82) is 0 Å². The molecule has 1 saturated carbocycles. The Labute approximate surface area is 129 Å². The Bertz CT molecular complexity index is 467. The van der Waals surface area contributed by atoms with Crippen molar-refractivity contribution in [1.82, 2.24) is 19.6 Å². The zero-order valence-electron chi connectivity index (χ0n) is 14.0. The van der Waals surface area contributed by atoms with Crippen LogP contribution in [0.3, 0.4) is 0 Å². The van der Waals surface area contributed by atoms with E-state index < -0.39 is 0 Å². The second kappa shape index (κ2) is 6.09. The van der Waals surface area contributed by atoms with Crippen molar-refractivity contribution in [2.45, 2.75) is 51.1 Å². The molecule has 4 heteroatoms. The van der Waals surface area contributed by atoms with E-state index in [-0.39, 0.29) is 0 Å². The molecule has 3 rings (SSSR count). The maximum Gasteiger partial charge on any atom is 0.0537 e. The van der Waals surface area contributed by atoms with E-state index in [0.29, 0.717) is 6.04 Å². The second-order valence-corrected chi connectivity index (χ2v) is 7.27. The van der Waals surface area contributed by atoms with E-state index in [2.05, 4.69) is 53.8 Å². The number of aromatic nitrogens is 2. The smallest absolute Gasteiger partial charge is 0.0537 e. The molecule has 0 radical (unpaired) electrons. The van der Waals surface area contributed by atoms with Crippen molar-refractivity contribution >= 4 is 0 Å². The number of aryl methyl sites for hydroxylation is 1. The van der Waals surface area contributed by atoms with Gasteiger partial charge in [0, 0.05) is 36.8 Å². The molecule has 21 heavy (non-hydrogen) atoms. The summed E-state index contributed by atoms with van der Waals surface area (Å²) in [6.45, 7) is 5.94. The standard InChI is InChI=1S/C17H30N4/c1-13(19(2)3)14-7-9-21(10-8-14)12-16-11-18-20(4)17(16)15-5-6-15/h11,13-15H,5-10,12H2,1-4H3. The molecule has 0 spiro atoms. The van der Waals surface area contributed by atoms with Crippen LogP contribution in [0.5, 0.6) is 0 Å². The van der Waals surface area contributed by atoms with Gasteiger partial charge in [0.15, 0.2) is 0 Å². The lowest BCUT2D eigenvalue weighted by atomic mass is 9.89. The van der Waals surface area contributed by atoms with Crippen LogP contribution in [0, 0.1) is 5.92 Å². The van der Waals surface area contributed by atoms with Gasteiger partial charge in [0.25, 0.3) is 0 Å². The van der Waals surface area contributed by atoms with E-state index in [1.807, 2.05) is 0 Å². The zero-order valence-corrected chi connectivity index (χ0v) is 14.0. The Balaban J connectivity index is 1.56. The van der Waals surface area contributed by atoms with Gasteiger partial charge in [0.05, 0.1) is 6.20 Å². The molecule has 1 aliphatic heterocycles. The molecule has 1 saturated heterocycles. The number of likely N-dealkylation sites (tertiary alicyclic amines) is 1. The number of piperidine rings is 1. The molecular formula is C17H30N4. The summed E-state index contributed by atoms with van der Waals surface area (Å²) in [7, 11) is 6.51. The lowest BCUT2D eigenvalue weighted by Crippen LogP contribution is -2.41. The molecule has 118 valence electrons. The molecule has 0 amide bonds. The van der Waals surface area contributed by atoms with Crippen LogP contribution in [0.4, 0.5) is 0 Å². The second-order valence-electron chi connectivity index (χ2n) is 7.27. The Morgan fingerprint density at radius 1 is 1.24 bits per heavy atom. The molecule has 1 unspecified atom stereocenters. The van der Waals surface area contributed by atoms with E-state index in [0.717, 1.165) is 18.4 Å². The fourth-order valence-electron chi connectivity index (χ4n) is 3.75. The van der Waals surface area contributed by atoms with Gasteiger partial charge in [0.2, 0.25) is 0 Å². The number of nitrogens with zero attached hydrogens (tertiary/aromatic N) is 4. The normalized spacial score (nSPS) is 22.9. The average Bonchev–Trinajstić information content (AvgIpc) is 3.24. The Morgan fingerprint density at radius 2 is 1.90 bits per heavy atom. The molecule has 4 nitrogen and oxygen atoms in total. The summed E-state index contributed by atoms with van der Waals surface area (Å²) in [5, 5.41) is 4.49. The first-order valence-corrected chi connectivity index (χ1v) is 8.45. The van der Waals surface area contributed by atoms with E-state index in [9.17, 15) is 0 Å². The summed E-state index contributed by atoms with van der Waals surface area (Å²) >= 11 is 0. The Hall–Kier alpha value is -0.870. The zero-order chi connectivity index (χ0) is 15.0. The van der Waals surface area contributed by atoms with E-state index in [1.165, 1.54) is 50.0 Å².